The number of nitrogens with zero attached hydrogens (tertiary/aromatic N) is 6. The Labute approximate surface area is 116 Å². The van der Waals surface area contributed by atoms with E-state index < -0.39 is 0 Å². The first-order chi connectivity index (χ1) is 9.65. The summed E-state index contributed by atoms with van der Waals surface area (Å²) in [6.07, 6.45) is 0. The molecule has 3 rings (SSSR count). The molecule has 0 saturated heterocycles. The number of hydrogen-bond donors (Lipinski definition) is 1. The van der Waals surface area contributed by atoms with Gasteiger partial charge in [-0.15, -0.1) is 14.8 Å². The number of benzene rings is 1. The molecule has 0 aliphatic carbocycles. The van der Waals surface area contributed by atoms with Gasteiger partial charge in [-0.3, -0.25) is 0 Å². The number of nitrogen functional groups attached to an aromatic ring is 1. The minimum Gasteiger partial charge on any atom is -0.399 e. The van der Waals surface area contributed by atoms with Crippen molar-refractivity contribution in [1.29, 1.82) is 0 Å². The predicted octanol–water partition coefficient (Wildman–Crippen LogP) is 1.30. The van der Waals surface area contributed by atoms with Crippen molar-refractivity contribution in [3.05, 3.63) is 42.0 Å². The minimum atomic E-state index is 0.139. The van der Waals surface area contributed by atoms with Crippen LogP contribution in [0.2, 0.25) is 0 Å². The molecule has 2 N–H and O–H groups in total. The summed E-state index contributed by atoms with van der Waals surface area (Å²) in [5.74, 6) is 0.791. The molecule has 20 heavy (non-hydrogen) atoms. The molecular formula is C13H15N7. The number of fused-ring (bicyclic) bond motifs is 1. The lowest BCUT2D eigenvalue weighted by Crippen LogP contribution is -2.23. The minimum absolute atomic E-state index is 0.139. The van der Waals surface area contributed by atoms with E-state index in [1.165, 1.54) is 4.63 Å². The second kappa shape index (κ2) is 4.76. The normalized spacial score (nSPS) is 12.5. The molecule has 1 atom stereocenters. The Balaban J connectivity index is 1.92. The highest BCUT2D eigenvalue weighted by atomic mass is 15.6. The van der Waals surface area contributed by atoms with Crippen molar-refractivity contribution >= 4 is 17.2 Å². The number of anilines is 2. The molecule has 0 aliphatic heterocycles. The van der Waals surface area contributed by atoms with Crippen LogP contribution in [0.15, 0.2) is 36.4 Å². The number of hydrogen-bond acceptors (Lipinski definition) is 6. The quantitative estimate of drug-likeness (QED) is 0.721. The Morgan fingerprint density at radius 2 is 2.10 bits per heavy atom. The Morgan fingerprint density at radius 3 is 2.90 bits per heavy atom. The van der Waals surface area contributed by atoms with E-state index in [1.807, 2.05) is 43.4 Å². The maximum atomic E-state index is 5.83. The zero-order chi connectivity index (χ0) is 14.1. The average molecular weight is 269 g/mol. The molecular weight excluding hydrogens is 254 g/mol. The van der Waals surface area contributed by atoms with Gasteiger partial charge in [-0.25, -0.2) is 0 Å². The summed E-state index contributed by atoms with van der Waals surface area (Å²) in [4.78, 5) is 2.05. The number of tetrazole rings is 1. The van der Waals surface area contributed by atoms with Crippen molar-refractivity contribution in [2.24, 2.45) is 0 Å². The molecule has 3 aromatic rings. The van der Waals surface area contributed by atoms with Crippen LogP contribution in [0.4, 0.5) is 11.5 Å². The maximum absolute atomic E-state index is 5.83. The first-order valence-electron chi connectivity index (χ1n) is 6.29. The topological polar surface area (TPSA) is 85.2 Å². The van der Waals surface area contributed by atoms with Crippen molar-refractivity contribution < 1.29 is 0 Å². The van der Waals surface area contributed by atoms with E-state index in [0.29, 0.717) is 5.65 Å². The lowest BCUT2D eigenvalue weighted by atomic mass is 10.1. The molecule has 1 unspecified atom stereocenters. The Kier molecular flexibility index (Phi) is 2.94. The Morgan fingerprint density at radius 1 is 1.25 bits per heavy atom. The van der Waals surface area contributed by atoms with Gasteiger partial charge in [0.25, 0.3) is 0 Å². The second-order valence-corrected chi connectivity index (χ2v) is 4.68. The van der Waals surface area contributed by atoms with Crippen molar-refractivity contribution in [2.75, 3.05) is 17.7 Å². The third-order valence-corrected chi connectivity index (χ3v) is 3.39. The molecule has 7 heteroatoms. The van der Waals surface area contributed by atoms with Crippen LogP contribution in [0.3, 0.4) is 0 Å². The lowest BCUT2D eigenvalue weighted by molar-refractivity contribution is 0.684. The predicted molar refractivity (Wildman–Crippen MR) is 76.2 cm³/mol. The number of aromatic nitrogens is 5. The zero-order valence-corrected chi connectivity index (χ0v) is 11.3. The molecule has 7 nitrogen and oxygen atoms in total. The summed E-state index contributed by atoms with van der Waals surface area (Å²) >= 11 is 0. The highest BCUT2D eigenvalue weighted by molar-refractivity contribution is 5.48. The fraction of sp³-hybridized carbons (Fsp3) is 0.231. The molecule has 0 spiro atoms. The highest BCUT2D eigenvalue weighted by Crippen LogP contribution is 2.24. The van der Waals surface area contributed by atoms with Crippen molar-refractivity contribution in [1.82, 2.24) is 25.3 Å². The number of rotatable bonds is 3. The van der Waals surface area contributed by atoms with Gasteiger partial charge in [0.05, 0.1) is 6.04 Å². The van der Waals surface area contributed by atoms with E-state index in [-0.39, 0.29) is 6.04 Å². The third-order valence-electron chi connectivity index (χ3n) is 3.39. The van der Waals surface area contributed by atoms with Gasteiger partial charge in [0, 0.05) is 12.7 Å². The van der Waals surface area contributed by atoms with Crippen LogP contribution in [0.1, 0.15) is 18.5 Å². The van der Waals surface area contributed by atoms with Gasteiger partial charge >= 0.3 is 0 Å². The SMILES string of the molecule is CC(c1cccc(N)c1)N(C)c1ccc2nnnn2n1. The molecule has 0 radical (unpaired) electrons. The zero-order valence-electron chi connectivity index (χ0n) is 11.3. The summed E-state index contributed by atoms with van der Waals surface area (Å²) < 4.78 is 1.41. The molecule has 0 aliphatic rings. The van der Waals surface area contributed by atoms with Crippen LogP contribution in [0.5, 0.6) is 0 Å². The van der Waals surface area contributed by atoms with Gasteiger partial charge in [-0.05, 0) is 47.2 Å². The molecule has 102 valence electrons. The van der Waals surface area contributed by atoms with Crippen LogP contribution in [-0.2, 0) is 0 Å². The monoisotopic (exact) mass is 269 g/mol. The molecule has 0 saturated carbocycles. The van der Waals surface area contributed by atoms with Gasteiger partial charge in [0.2, 0.25) is 0 Å². The van der Waals surface area contributed by atoms with Crippen molar-refractivity contribution in [3.63, 3.8) is 0 Å². The molecule has 2 heterocycles. The number of nitrogens with two attached hydrogens (primary N) is 1. The van der Waals surface area contributed by atoms with E-state index in [0.717, 1.165) is 17.1 Å². The molecule has 0 amide bonds. The standard InChI is InChI=1S/C13H15N7/c1-9(10-4-3-5-11(14)8-10)19(2)13-7-6-12-15-17-18-20(12)16-13/h3-9H,14H2,1-2H3. The lowest BCUT2D eigenvalue weighted by Gasteiger charge is -2.26. The summed E-state index contributed by atoms with van der Waals surface area (Å²) in [6.45, 7) is 2.10. The van der Waals surface area contributed by atoms with Gasteiger partial charge in [0.1, 0.15) is 0 Å². The first-order valence-corrected chi connectivity index (χ1v) is 6.29. The van der Waals surface area contributed by atoms with Crippen LogP contribution >= 0.6 is 0 Å². The summed E-state index contributed by atoms with van der Waals surface area (Å²) in [5, 5.41) is 15.6. The summed E-state index contributed by atoms with van der Waals surface area (Å²) in [5.41, 5.74) is 8.34. The van der Waals surface area contributed by atoms with Gasteiger partial charge < -0.3 is 10.6 Å². The molecule has 0 bridgehead atoms. The van der Waals surface area contributed by atoms with E-state index >= 15 is 0 Å². The van der Waals surface area contributed by atoms with E-state index in [2.05, 4.69) is 32.4 Å². The van der Waals surface area contributed by atoms with Crippen LogP contribution in [0.25, 0.3) is 5.65 Å². The van der Waals surface area contributed by atoms with E-state index in [4.69, 9.17) is 5.73 Å². The van der Waals surface area contributed by atoms with E-state index in [9.17, 15) is 0 Å². The summed E-state index contributed by atoms with van der Waals surface area (Å²) in [7, 11) is 1.98. The fourth-order valence-corrected chi connectivity index (χ4v) is 2.07. The first kappa shape index (κ1) is 12.3. The highest BCUT2D eigenvalue weighted by Gasteiger charge is 2.14. The average Bonchev–Trinajstić information content (AvgIpc) is 2.93. The van der Waals surface area contributed by atoms with Gasteiger partial charge in [-0.2, -0.15) is 0 Å². The van der Waals surface area contributed by atoms with Crippen molar-refractivity contribution in [2.45, 2.75) is 13.0 Å². The Hall–Kier alpha value is -2.70. The van der Waals surface area contributed by atoms with Crippen LogP contribution < -0.4 is 10.6 Å². The molecule has 1 aromatic carbocycles. The summed E-state index contributed by atoms with van der Waals surface area (Å²) in [6, 6.07) is 11.7. The van der Waals surface area contributed by atoms with Gasteiger partial charge in [-0.1, -0.05) is 12.1 Å². The van der Waals surface area contributed by atoms with Crippen LogP contribution in [-0.4, -0.2) is 32.3 Å². The van der Waals surface area contributed by atoms with E-state index in [1.54, 1.807) is 0 Å². The van der Waals surface area contributed by atoms with Gasteiger partial charge in [0.15, 0.2) is 11.5 Å². The van der Waals surface area contributed by atoms with Crippen molar-refractivity contribution in [3.8, 4) is 0 Å². The largest absolute Gasteiger partial charge is 0.399 e. The molecule has 0 fully saturated rings. The smallest absolute Gasteiger partial charge is 0.200 e. The third kappa shape index (κ3) is 2.13. The fourth-order valence-electron chi connectivity index (χ4n) is 2.07. The molecule has 2 aromatic heterocycles. The second-order valence-electron chi connectivity index (χ2n) is 4.68. The Bertz CT molecular complexity index is 736. The van der Waals surface area contributed by atoms with Crippen LogP contribution in [0, 0.1) is 0 Å². The maximum Gasteiger partial charge on any atom is 0.200 e.